The topological polar surface area (TPSA) is 46.2 Å². The fourth-order valence-electron chi connectivity index (χ4n) is 1.51. The number of nitrogens with one attached hydrogen (secondary N) is 2. The van der Waals surface area contributed by atoms with Crippen LogP contribution in [0.15, 0.2) is 16.7 Å². The molecule has 0 amide bonds. The largest absolute Gasteiger partial charge is 0.374 e. The van der Waals surface area contributed by atoms with Crippen LogP contribution < -0.4 is 10.6 Å². The van der Waals surface area contributed by atoms with Crippen molar-refractivity contribution in [3.63, 3.8) is 0 Å². The van der Waals surface area contributed by atoms with Crippen LogP contribution in [-0.2, 0) is 4.74 Å². The van der Waals surface area contributed by atoms with Crippen molar-refractivity contribution in [2.24, 2.45) is 0 Å². The average Bonchev–Trinajstić information content (AvgIpc) is 2.29. The molecule has 0 saturated carbocycles. The van der Waals surface area contributed by atoms with Crippen LogP contribution >= 0.6 is 27.5 Å². The summed E-state index contributed by atoms with van der Waals surface area (Å²) in [4.78, 5) is 4.20. The maximum Gasteiger partial charge on any atom is 0.144 e. The lowest BCUT2D eigenvalue weighted by molar-refractivity contribution is 0.0372. The second-order valence-electron chi connectivity index (χ2n) is 3.56. The average molecular weight is 307 g/mol. The molecule has 4 nitrogen and oxygen atoms in total. The first-order valence-electron chi connectivity index (χ1n) is 5.13. The molecule has 1 fully saturated rings. The third-order valence-electron chi connectivity index (χ3n) is 2.31. The first-order valence-corrected chi connectivity index (χ1v) is 6.30. The number of nitrogens with zero attached hydrogens (tertiary/aromatic N) is 1. The Morgan fingerprint density at radius 3 is 3.25 bits per heavy atom. The Bertz CT molecular complexity index is 358. The van der Waals surface area contributed by atoms with Gasteiger partial charge in [0.25, 0.3) is 0 Å². The molecule has 0 bridgehead atoms. The summed E-state index contributed by atoms with van der Waals surface area (Å²) < 4.78 is 6.43. The summed E-state index contributed by atoms with van der Waals surface area (Å²) in [6, 6.07) is 1.82. The van der Waals surface area contributed by atoms with Gasteiger partial charge in [-0.05, 0) is 22.0 Å². The van der Waals surface area contributed by atoms with E-state index in [0.29, 0.717) is 17.4 Å². The number of hydrogen-bond donors (Lipinski definition) is 2. The maximum absolute atomic E-state index is 6.04. The minimum atomic E-state index is 0.176. The summed E-state index contributed by atoms with van der Waals surface area (Å²) in [5, 5.41) is 7.06. The van der Waals surface area contributed by atoms with E-state index < -0.39 is 0 Å². The van der Waals surface area contributed by atoms with Crippen molar-refractivity contribution in [2.45, 2.75) is 6.10 Å². The van der Waals surface area contributed by atoms with Crippen LogP contribution in [-0.4, -0.2) is 37.3 Å². The molecular weight excluding hydrogens is 293 g/mol. The smallest absolute Gasteiger partial charge is 0.144 e. The van der Waals surface area contributed by atoms with Gasteiger partial charge in [0, 0.05) is 30.3 Å². The number of aromatic nitrogens is 1. The van der Waals surface area contributed by atoms with Gasteiger partial charge in [-0.2, -0.15) is 0 Å². The third-order valence-corrected chi connectivity index (χ3v) is 3.03. The summed E-state index contributed by atoms with van der Waals surface area (Å²) in [5.74, 6) is 0.694. The van der Waals surface area contributed by atoms with Crippen LogP contribution in [0.2, 0.25) is 5.02 Å². The number of rotatable bonds is 3. The Kier molecular flexibility index (Phi) is 4.40. The second-order valence-corrected chi connectivity index (χ2v) is 4.88. The molecule has 0 radical (unpaired) electrons. The number of morpholine rings is 1. The third kappa shape index (κ3) is 3.31. The van der Waals surface area contributed by atoms with E-state index >= 15 is 0 Å². The van der Waals surface area contributed by atoms with Gasteiger partial charge in [-0.25, -0.2) is 4.98 Å². The van der Waals surface area contributed by atoms with E-state index in [4.69, 9.17) is 16.3 Å². The molecule has 1 aliphatic rings. The zero-order valence-corrected chi connectivity index (χ0v) is 11.0. The maximum atomic E-state index is 6.04. The Labute approximate surface area is 108 Å². The van der Waals surface area contributed by atoms with E-state index in [0.717, 1.165) is 24.2 Å². The molecule has 1 aromatic rings. The summed E-state index contributed by atoms with van der Waals surface area (Å²) in [5.41, 5.74) is 0. The first kappa shape index (κ1) is 12.1. The molecule has 1 aliphatic heterocycles. The quantitative estimate of drug-likeness (QED) is 0.895. The highest BCUT2D eigenvalue weighted by Crippen LogP contribution is 2.22. The lowest BCUT2D eigenvalue weighted by Crippen LogP contribution is -2.42. The minimum absolute atomic E-state index is 0.176. The van der Waals surface area contributed by atoms with Crippen molar-refractivity contribution in [3.05, 3.63) is 21.8 Å². The standard InChI is InChI=1S/C10H13BrClN3O/c11-7-3-9(12)10(14-4-7)15-6-8-5-13-1-2-16-8/h3-4,8,13H,1-2,5-6H2,(H,14,15). The van der Waals surface area contributed by atoms with Gasteiger partial charge in [-0.1, -0.05) is 11.6 Å². The number of anilines is 1. The highest BCUT2D eigenvalue weighted by atomic mass is 79.9. The van der Waals surface area contributed by atoms with Crippen LogP contribution in [0.1, 0.15) is 0 Å². The first-order chi connectivity index (χ1) is 7.75. The molecule has 1 unspecified atom stereocenters. The zero-order valence-electron chi connectivity index (χ0n) is 8.67. The minimum Gasteiger partial charge on any atom is -0.374 e. The van der Waals surface area contributed by atoms with Crippen molar-refractivity contribution >= 4 is 33.3 Å². The van der Waals surface area contributed by atoms with Crippen LogP contribution in [0.25, 0.3) is 0 Å². The van der Waals surface area contributed by atoms with E-state index in [1.165, 1.54) is 0 Å². The Morgan fingerprint density at radius 1 is 1.69 bits per heavy atom. The molecule has 2 rings (SSSR count). The lowest BCUT2D eigenvalue weighted by atomic mass is 10.3. The van der Waals surface area contributed by atoms with E-state index in [9.17, 15) is 0 Å². The molecule has 0 aromatic carbocycles. The van der Waals surface area contributed by atoms with Gasteiger partial charge in [0.05, 0.1) is 17.7 Å². The number of hydrogen-bond acceptors (Lipinski definition) is 4. The monoisotopic (exact) mass is 305 g/mol. The molecule has 16 heavy (non-hydrogen) atoms. The molecule has 0 spiro atoms. The molecule has 6 heteroatoms. The highest BCUT2D eigenvalue weighted by Gasteiger charge is 2.13. The molecule has 2 N–H and O–H groups in total. The van der Waals surface area contributed by atoms with Crippen molar-refractivity contribution in [1.82, 2.24) is 10.3 Å². The number of halogens is 2. The number of pyridine rings is 1. The van der Waals surface area contributed by atoms with Gasteiger partial charge >= 0.3 is 0 Å². The van der Waals surface area contributed by atoms with Gasteiger partial charge < -0.3 is 15.4 Å². The SMILES string of the molecule is Clc1cc(Br)cnc1NCC1CNCCO1. The highest BCUT2D eigenvalue weighted by molar-refractivity contribution is 9.10. The van der Waals surface area contributed by atoms with Crippen molar-refractivity contribution in [1.29, 1.82) is 0 Å². The van der Waals surface area contributed by atoms with Crippen molar-refractivity contribution in [2.75, 3.05) is 31.6 Å². The molecule has 1 atom stereocenters. The lowest BCUT2D eigenvalue weighted by Gasteiger charge is -2.24. The fraction of sp³-hybridized carbons (Fsp3) is 0.500. The Balaban J connectivity index is 1.88. The Morgan fingerprint density at radius 2 is 2.56 bits per heavy atom. The van der Waals surface area contributed by atoms with Gasteiger partial charge in [0.1, 0.15) is 5.82 Å². The van der Waals surface area contributed by atoms with E-state index in [2.05, 4.69) is 31.5 Å². The fourth-order valence-corrected chi connectivity index (χ4v) is 2.20. The Hall–Kier alpha value is -0.360. The summed E-state index contributed by atoms with van der Waals surface area (Å²) in [6.45, 7) is 3.25. The van der Waals surface area contributed by atoms with Crippen LogP contribution in [0.4, 0.5) is 5.82 Å². The number of ether oxygens (including phenoxy) is 1. The zero-order chi connectivity index (χ0) is 11.4. The van der Waals surface area contributed by atoms with Gasteiger partial charge in [0.15, 0.2) is 0 Å². The molecule has 0 aliphatic carbocycles. The molecule has 88 valence electrons. The predicted octanol–water partition coefficient (Wildman–Crippen LogP) is 1.90. The van der Waals surface area contributed by atoms with Crippen molar-refractivity contribution < 1.29 is 4.74 Å². The summed E-state index contributed by atoms with van der Waals surface area (Å²) >= 11 is 9.35. The van der Waals surface area contributed by atoms with E-state index in [1.54, 1.807) is 6.20 Å². The van der Waals surface area contributed by atoms with Gasteiger partial charge in [-0.15, -0.1) is 0 Å². The molecule has 1 saturated heterocycles. The molecular formula is C10H13BrClN3O. The van der Waals surface area contributed by atoms with Crippen molar-refractivity contribution in [3.8, 4) is 0 Å². The molecule has 2 heterocycles. The van der Waals surface area contributed by atoms with Crippen LogP contribution in [0.3, 0.4) is 0 Å². The summed E-state index contributed by atoms with van der Waals surface area (Å²) in [6.07, 6.45) is 1.89. The van der Waals surface area contributed by atoms with E-state index in [1.807, 2.05) is 6.07 Å². The van der Waals surface area contributed by atoms with Crippen LogP contribution in [0, 0.1) is 0 Å². The predicted molar refractivity (Wildman–Crippen MR) is 68.0 cm³/mol. The van der Waals surface area contributed by atoms with Crippen LogP contribution in [0.5, 0.6) is 0 Å². The van der Waals surface area contributed by atoms with E-state index in [-0.39, 0.29) is 6.10 Å². The normalized spacial score (nSPS) is 20.8. The second kappa shape index (κ2) is 5.82. The molecule has 1 aromatic heterocycles. The summed E-state index contributed by atoms with van der Waals surface area (Å²) in [7, 11) is 0. The van der Waals surface area contributed by atoms with Gasteiger partial charge in [0.2, 0.25) is 0 Å². The van der Waals surface area contributed by atoms with Gasteiger partial charge in [-0.3, -0.25) is 0 Å².